The van der Waals surface area contributed by atoms with E-state index in [2.05, 4.69) is 19.6 Å². The average Bonchev–Trinajstić information content (AvgIpc) is 2.48. The van der Waals surface area contributed by atoms with Gasteiger partial charge in [0.15, 0.2) is 0 Å². The van der Waals surface area contributed by atoms with Gasteiger partial charge in [0.05, 0.1) is 24.1 Å². The molecule has 2 aromatic heterocycles. The van der Waals surface area contributed by atoms with Crippen LogP contribution in [0.1, 0.15) is 21.7 Å². The number of rotatable bonds is 5. The minimum Gasteiger partial charge on any atom is -0.465 e. The third-order valence-electron chi connectivity index (χ3n) is 2.84. The summed E-state index contributed by atoms with van der Waals surface area (Å²) in [6.07, 6.45) is 3.32. The topological polar surface area (TPSA) is 55.3 Å². The molecule has 0 N–H and O–H groups in total. The molecule has 0 saturated carbocycles. The second-order valence-corrected chi connectivity index (χ2v) is 4.52. The predicted octanol–water partition coefficient (Wildman–Crippen LogP) is 1.90. The van der Waals surface area contributed by atoms with Crippen molar-refractivity contribution in [2.24, 2.45) is 0 Å². The lowest BCUT2D eigenvalue weighted by atomic mass is 10.2. The van der Waals surface area contributed by atoms with E-state index in [9.17, 15) is 4.79 Å². The summed E-state index contributed by atoms with van der Waals surface area (Å²) in [6, 6.07) is 9.42. The molecule has 0 spiro atoms. The van der Waals surface area contributed by atoms with Gasteiger partial charge in [0.2, 0.25) is 0 Å². The number of carbonyl (C=O) groups excluding carboxylic acids is 1. The highest BCUT2D eigenvalue weighted by molar-refractivity contribution is 5.88. The van der Waals surface area contributed by atoms with Crippen molar-refractivity contribution in [2.45, 2.75) is 13.1 Å². The largest absolute Gasteiger partial charge is 0.465 e. The molecule has 0 fully saturated rings. The number of carbonyl (C=O) groups is 1. The Morgan fingerprint density at radius 1 is 1.15 bits per heavy atom. The highest BCUT2D eigenvalue weighted by Crippen LogP contribution is 2.06. The van der Waals surface area contributed by atoms with Crippen molar-refractivity contribution in [1.29, 1.82) is 0 Å². The molecule has 0 aliphatic heterocycles. The number of esters is 1. The number of pyridine rings is 2. The second-order valence-electron chi connectivity index (χ2n) is 4.52. The molecule has 0 radical (unpaired) electrons. The lowest BCUT2D eigenvalue weighted by molar-refractivity contribution is 0.0600. The maximum Gasteiger partial charge on any atom is 0.339 e. The van der Waals surface area contributed by atoms with Gasteiger partial charge in [0, 0.05) is 25.5 Å². The molecule has 0 aliphatic rings. The maximum absolute atomic E-state index is 11.3. The Hall–Kier alpha value is -2.27. The van der Waals surface area contributed by atoms with E-state index in [0.29, 0.717) is 12.1 Å². The normalized spacial score (nSPS) is 10.6. The van der Waals surface area contributed by atoms with Crippen LogP contribution >= 0.6 is 0 Å². The number of ether oxygens (including phenoxy) is 1. The third kappa shape index (κ3) is 3.86. The van der Waals surface area contributed by atoms with Crippen LogP contribution in [-0.2, 0) is 17.8 Å². The Bertz CT molecular complexity index is 555. The molecule has 5 heteroatoms. The highest BCUT2D eigenvalue weighted by atomic mass is 16.5. The molecule has 0 bridgehead atoms. The summed E-state index contributed by atoms with van der Waals surface area (Å²) in [4.78, 5) is 22.0. The fourth-order valence-corrected chi connectivity index (χ4v) is 1.86. The smallest absolute Gasteiger partial charge is 0.339 e. The summed E-state index contributed by atoms with van der Waals surface area (Å²) in [5.74, 6) is -0.370. The van der Waals surface area contributed by atoms with E-state index in [-0.39, 0.29) is 5.97 Å². The summed E-state index contributed by atoms with van der Waals surface area (Å²) >= 11 is 0. The Morgan fingerprint density at radius 2 is 1.90 bits per heavy atom. The predicted molar refractivity (Wildman–Crippen MR) is 75.0 cm³/mol. The maximum atomic E-state index is 11.3. The SMILES string of the molecule is COC(=O)c1ccc(CN(C)Cc2ccccn2)nc1. The fraction of sp³-hybridized carbons (Fsp3) is 0.267. The molecule has 2 aromatic rings. The number of hydrogen-bond acceptors (Lipinski definition) is 5. The van der Waals surface area contributed by atoms with Gasteiger partial charge in [0.25, 0.3) is 0 Å². The van der Waals surface area contributed by atoms with Crippen LogP contribution in [0.5, 0.6) is 0 Å². The highest BCUT2D eigenvalue weighted by Gasteiger charge is 2.07. The van der Waals surface area contributed by atoms with Crippen LogP contribution in [0.25, 0.3) is 0 Å². The van der Waals surface area contributed by atoms with E-state index < -0.39 is 0 Å². The number of hydrogen-bond donors (Lipinski definition) is 0. The first-order valence-electron chi connectivity index (χ1n) is 6.30. The van der Waals surface area contributed by atoms with Gasteiger partial charge in [-0.15, -0.1) is 0 Å². The molecule has 104 valence electrons. The molecular weight excluding hydrogens is 254 g/mol. The van der Waals surface area contributed by atoms with E-state index in [0.717, 1.165) is 17.9 Å². The van der Waals surface area contributed by atoms with Crippen LogP contribution in [-0.4, -0.2) is 35.0 Å². The van der Waals surface area contributed by atoms with Gasteiger partial charge < -0.3 is 4.74 Å². The summed E-state index contributed by atoms with van der Waals surface area (Å²) in [7, 11) is 3.36. The summed E-state index contributed by atoms with van der Waals surface area (Å²) in [6.45, 7) is 1.44. The standard InChI is InChI=1S/C15H17N3O2/c1-18(10-13-5-3-4-8-16-13)11-14-7-6-12(9-17-14)15(19)20-2/h3-9H,10-11H2,1-2H3. The molecule has 0 amide bonds. The average molecular weight is 271 g/mol. The third-order valence-corrected chi connectivity index (χ3v) is 2.84. The van der Waals surface area contributed by atoms with Gasteiger partial charge in [-0.1, -0.05) is 6.07 Å². The van der Waals surface area contributed by atoms with Crippen LogP contribution in [0.2, 0.25) is 0 Å². The summed E-state index contributed by atoms with van der Waals surface area (Å²) in [5.41, 5.74) is 2.38. The monoisotopic (exact) mass is 271 g/mol. The molecule has 2 heterocycles. The quantitative estimate of drug-likeness (QED) is 0.777. The first kappa shape index (κ1) is 14.1. The minimum atomic E-state index is -0.370. The zero-order valence-electron chi connectivity index (χ0n) is 11.6. The van der Waals surface area contributed by atoms with E-state index in [1.54, 1.807) is 12.3 Å². The van der Waals surface area contributed by atoms with Crippen molar-refractivity contribution in [1.82, 2.24) is 14.9 Å². The van der Waals surface area contributed by atoms with Crippen LogP contribution in [0.4, 0.5) is 0 Å². The summed E-state index contributed by atoms with van der Waals surface area (Å²) < 4.78 is 4.64. The Labute approximate surface area is 118 Å². The summed E-state index contributed by atoms with van der Waals surface area (Å²) in [5, 5.41) is 0. The number of nitrogens with zero attached hydrogens (tertiary/aromatic N) is 3. The fourth-order valence-electron chi connectivity index (χ4n) is 1.86. The molecule has 0 saturated heterocycles. The molecular formula is C15H17N3O2. The van der Waals surface area contributed by atoms with E-state index >= 15 is 0 Å². The molecule has 20 heavy (non-hydrogen) atoms. The van der Waals surface area contributed by atoms with Gasteiger partial charge in [-0.2, -0.15) is 0 Å². The van der Waals surface area contributed by atoms with Gasteiger partial charge in [0.1, 0.15) is 0 Å². The first-order chi connectivity index (χ1) is 9.69. The van der Waals surface area contributed by atoms with E-state index in [4.69, 9.17) is 0 Å². The zero-order chi connectivity index (χ0) is 14.4. The van der Waals surface area contributed by atoms with Crippen LogP contribution in [0, 0.1) is 0 Å². The molecule has 0 unspecified atom stereocenters. The second kappa shape index (κ2) is 6.77. The zero-order valence-corrected chi connectivity index (χ0v) is 11.6. The molecule has 0 aromatic carbocycles. The van der Waals surface area contributed by atoms with E-state index in [1.165, 1.54) is 13.3 Å². The van der Waals surface area contributed by atoms with Crippen molar-refractivity contribution >= 4 is 5.97 Å². The van der Waals surface area contributed by atoms with Crippen molar-refractivity contribution in [3.63, 3.8) is 0 Å². The molecule has 0 atom stereocenters. The van der Waals surface area contributed by atoms with Gasteiger partial charge in [-0.3, -0.25) is 14.9 Å². The molecule has 5 nitrogen and oxygen atoms in total. The lowest BCUT2D eigenvalue weighted by Gasteiger charge is -2.15. The number of methoxy groups -OCH3 is 1. The Balaban J connectivity index is 1.94. The van der Waals surface area contributed by atoms with Crippen molar-refractivity contribution in [3.05, 3.63) is 59.7 Å². The van der Waals surface area contributed by atoms with Crippen LogP contribution in [0.3, 0.4) is 0 Å². The first-order valence-corrected chi connectivity index (χ1v) is 6.30. The molecule has 0 aliphatic carbocycles. The van der Waals surface area contributed by atoms with Gasteiger partial charge in [-0.25, -0.2) is 4.79 Å². The van der Waals surface area contributed by atoms with Crippen molar-refractivity contribution < 1.29 is 9.53 Å². The van der Waals surface area contributed by atoms with Crippen LogP contribution in [0.15, 0.2) is 42.7 Å². The van der Waals surface area contributed by atoms with Crippen molar-refractivity contribution in [3.8, 4) is 0 Å². The Kier molecular flexibility index (Phi) is 4.79. The van der Waals surface area contributed by atoms with E-state index in [1.807, 2.05) is 31.3 Å². The lowest BCUT2D eigenvalue weighted by Crippen LogP contribution is -2.18. The minimum absolute atomic E-state index is 0.370. The van der Waals surface area contributed by atoms with Gasteiger partial charge >= 0.3 is 5.97 Å². The number of aromatic nitrogens is 2. The molecule has 2 rings (SSSR count). The van der Waals surface area contributed by atoms with Gasteiger partial charge in [-0.05, 0) is 31.3 Å². The van der Waals surface area contributed by atoms with Crippen molar-refractivity contribution in [2.75, 3.05) is 14.2 Å². The van der Waals surface area contributed by atoms with Crippen LogP contribution < -0.4 is 0 Å². The Morgan fingerprint density at radius 3 is 2.45 bits per heavy atom.